The third-order valence-electron chi connectivity index (χ3n) is 7.50. The van der Waals surface area contributed by atoms with Crippen LogP contribution in [0.2, 0.25) is 0 Å². The highest BCUT2D eigenvalue weighted by Gasteiger charge is 2.61. The monoisotopic (exact) mass is 312 g/mol. The van der Waals surface area contributed by atoms with Crippen LogP contribution in [-0.2, 0) is 15.9 Å². The Morgan fingerprint density at radius 1 is 1.17 bits per heavy atom. The molecule has 2 nitrogen and oxygen atoms in total. The minimum atomic E-state index is -0.00412. The molecule has 0 spiro atoms. The fraction of sp³-hybridized carbons (Fsp3) is 0.714. The van der Waals surface area contributed by atoms with Crippen molar-refractivity contribution in [2.75, 3.05) is 0 Å². The maximum Gasteiger partial charge on any atom is 0.155 e. The molecule has 5 rings (SSSR count). The predicted molar refractivity (Wildman–Crippen MR) is 90.4 cm³/mol. The van der Waals surface area contributed by atoms with E-state index in [0.29, 0.717) is 17.6 Å². The number of hydrogen-bond donors (Lipinski definition) is 0. The van der Waals surface area contributed by atoms with Crippen LogP contribution in [0.1, 0.15) is 62.1 Å². The first-order valence-corrected chi connectivity index (χ1v) is 9.46. The number of rotatable bonds is 0. The number of benzene rings is 1. The molecule has 1 aromatic rings. The van der Waals surface area contributed by atoms with Gasteiger partial charge in [-0.2, -0.15) is 0 Å². The Kier molecular flexibility index (Phi) is 3.04. The standard InChI is InChI=1S/C21H28O2/c1-12-4-6-15-14(10-12)5-7-17-16(15)8-9-21(3)18(17)11-19-20(21)23-13(2)22-19/h4,6,10,13,16-20H,5,7-9,11H2,1-3H3. The molecule has 1 heterocycles. The van der Waals surface area contributed by atoms with Crippen LogP contribution in [0.25, 0.3) is 0 Å². The van der Waals surface area contributed by atoms with Crippen molar-refractivity contribution in [2.45, 2.75) is 77.3 Å². The molecule has 0 amide bonds. The van der Waals surface area contributed by atoms with Gasteiger partial charge in [0.1, 0.15) is 0 Å². The molecule has 23 heavy (non-hydrogen) atoms. The summed E-state index contributed by atoms with van der Waals surface area (Å²) in [7, 11) is 0. The first-order chi connectivity index (χ1) is 11.1. The lowest BCUT2D eigenvalue weighted by Crippen LogP contribution is -2.45. The highest BCUT2D eigenvalue weighted by Crippen LogP contribution is 2.63. The van der Waals surface area contributed by atoms with E-state index in [0.717, 1.165) is 17.8 Å². The van der Waals surface area contributed by atoms with Crippen molar-refractivity contribution in [3.05, 3.63) is 34.9 Å². The number of aryl methyl sites for hydroxylation is 2. The fourth-order valence-electron chi connectivity index (χ4n) is 6.51. The molecule has 0 radical (unpaired) electrons. The summed E-state index contributed by atoms with van der Waals surface area (Å²) in [5.74, 6) is 2.38. The van der Waals surface area contributed by atoms with Gasteiger partial charge >= 0.3 is 0 Å². The van der Waals surface area contributed by atoms with Gasteiger partial charge in [0, 0.05) is 0 Å². The van der Waals surface area contributed by atoms with Crippen LogP contribution < -0.4 is 0 Å². The van der Waals surface area contributed by atoms with Crippen LogP contribution in [0, 0.1) is 24.2 Å². The van der Waals surface area contributed by atoms with E-state index in [1.54, 1.807) is 11.1 Å². The summed E-state index contributed by atoms with van der Waals surface area (Å²) in [6, 6.07) is 7.16. The van der Waals surface area contributed by atoms with Gasteiger partial charge in [-0.1, -0.05) is 30.7 Å². The van der Waals surface area contributed by atoms with E-state index >= 15 is 0 Å². The number of fused-ring (bicyclic) bond motifs is 7. The van der Waals surface area contributed by atoms with Gasteiger partial charge in [-0.25, -0.2) is 0 Å². The molecule has 0 N–H and O–H groups in total. The van der Waals surface area contributed by atoms with Crippen molar-refractivity contribution >= 4 is 0 Å². The molecule has 1 aliphatic heterocycles. The Hall–Kier alpha value is -0.860. The second-order valence-electron chi connectivity index (χ2n) is 8.70. The van der Waals surface area contributed by atoms with Crippen molar-refractivity contribution in [1.82, 2.24) is 0 Å². The largest absolute Gasteiger partial charge is 0.347 e. The normalized spacial score (nSPS) is 47.6. The number of ether oxygens (including phenoxy) is 2. The van der Waals surface area contributed by atoms with Crippen LogP contribution >= 0.6 is 0 Å². The maximum atomic E-state index is 6.20. The first-order valence-electron chi connectivity index (χ1n) is 9.46. The van der Waals surface area contributed by atoms with E-state index in [4.69, 9.17) is 9.47 Å². The van der Waals surface area contributed by atoms with Gasteiger partial charge in [-0.15, -0.1) is 0 Å². The van der Waals surface area contributed by atoms with Gasteiger partial charge in [0.25, 0.3) is 0 Å². The van der Waals surface area contributed by atoms with Crippen LogP contribution in [0.4, 0.5) is 0 Å². The Balaban J connectivity index is 1.49. The quantitative estimate of drug-likeness (QED) is 0.697. The Bertz CT molecular complexity index is 639. The molecule has 1 aromatic carbocycles. The van der Waals surface area contributed by atoms with Crippen molar-refractivity contribution in [3.63, 3.8) is 0 Å². The molecule has 2 heteroatoms. The molecular formula is C21H28O2. The maximum absolute atomic E-state index is 6.20. The van der Waals surface area contributed by atoms with Crippen LogP contribution in [0.3, 0.4) is 0 Å². The second kappa shape index (κ2) is 4.83. The third kappa shape index (κ3) is 1.94. The molecule has 7 unspecified atom stereocenters. The summed E-state index contributed by atoms with van der Waals surface area (Å²) >= 11 is 0. The minimum Gasteiger partial charge on any atom is -0.347 e. The average Bonchev–Trinajstić information content (AvgIpc) is 3.02. The Morgan fingerprint density at radius 2 is 2.04 bits per heavy atom. The van der Waals surface area contributed by atoms with Crippen molar-refractivity contribution < 1.29 is 9.47 Å². The Morgan fingerprint density at radius 3 is 2.91 bits per heavy atom. The van der Waals surface area contributed by atoms with E-state index in [9.17, 15) is 0 Å². The molecule has 0 aromatic heterocycles. The summed E-state index contributed by atoms with van der Waals surface area (Å²) in [6.07, 6.45) is 7.14. The SMILES string of the molecule is Cc1ccc2c(c1)CCC1C2CCC2(C)C1CC1OC(C)OC12. The summed E-state index contributed by atoms with van der Waals surface area (Å²) in [5, 5.41) is 0. The lowest BCUT2D eigenvalue weighted by Gasteiger charge is -2.50. The van der Waals surface area contributed by atoms with E-state index < -0.39 is 0 Å². The second-order valence-corrected chi connectivity index (χ2v) is 8.70. The topological polar surface area (TPSA) is 18.5 Å². The minimum absolute atomic E-state index is 0.00412. The molecule has 7 atom stereocenters. The van der Waals surface area contributed by atoms with E-state index in [1.165, 1.54) is 37.7 Å². The molecule has 4 aliphatic rings. The highest BCUT2D eigenvalue weighted by atomic mass is 16.7. The molecule has 3 fully saturated rings. The highest BCUT2D eigenvalue weighted by molar-refractivity contribution is 5.38. The van der Waals surface area contributed by atoms with Crippen molar-refractivity contribution in [1.29, 1.82) is 0 Å². The van der Waals surface area contributed by atoms with E-state index in [2.05, 4.69) is 39.0 Å². The molecule has 2 saturated carbocycles. The summed E-state index contributed by atoms with van der Waals surface area (Å²) in [5.41, 5.74) is 5.02. The fourth-order valence-corrected chi connectivity index (χ4v) is 6.51. The molecule has 0 bridgehead atoms. The molecular weight excluding hydrogens is 284 g/mol. The first kappa shape index (κ1) is 14.5. The third-order valence-corrected chi connectivity index (χ3v) is 7.50. The van der Waals surface area contributed by atoms with Gasteiger partial charge in [0.2, 0.25) is 0 Å². The lowest BCUT2D eigenvalue weighted by molar-refractivity contribution is -0.108. The zero-order valence-electron chi connectivity index (χ0n) is 14.5. The summed E-state index contributed by atoms with van der Waals surface area (Å²) in [4.78, 5) is 0. The molecule has 124 valence electrons. The lowest BCUT2D eigenvalue weighted by atomic mass is 9.55. The van der Waals surface area contributed by atoms with Crippen LogP contribution in [-0.4, -0.2) is 18.5 Å². The predicted octanol–water partition coefficient (Wildman–Crippen LogP) is 4.59. The zero-order valence-corrected chi connectivity index (χ0v) is 14.5. The van der Waals surface area contributed by atoms with Gasteiger partial charge < -0.3 is 9.47 Å². The van der Waals surface area contributed by atoms with E-state index in [1.807, 2.05) is 0 Å². The summed E-state index contributed by atoms with van der Waals surface area (Å²) in [6.45, 7) is 6.77. The van der Waals surface area contributed by atoms with Crippen LogP contribution in [0.15, 0.2) is 18.2 Å². The Labute approximate surface area is 139 Å². The summed E-state index contributed by atoms with van der Waals surface area (Å²) < 4.78 is 12.3. The molecule has 3 aliphatic carbocycles. The smallest absolute Gasteiger partial charge is 0.155 e. The zero-order chi connectivity index (χ0) is 15.8. The average molecular weight is 312 g/mol. The molecule has 1 saturated heterocycles. The van der Waals surface area contributed by atoms with Gasteiger partial charge in [0.15, 0.2) is 6.29 Å². The van der Waals surface area contributed by atoms with Gasteiger partial charge in [-0.3, -0.25) is 0 Å². The van der Waals surface area contributed by atoms with Crippen LogP contribution in [0.5, 0.6) is 0 Å². The number of hydrogen-bond acceptors (Lipinski definition) is 2. The van der Waals surface area contributed by atoms with Crippen molar-refractivity contribution in [3.8, 4) is 0 Å². The van der Waals surface area contributed by atoms with Gasteiger partial charge in [0.05, 0.1) is 12.2 Å². The van der Waals surface area contributed by atoms with Gasteiger partial charge in [-0.05, 0) is 80.2 Å². The van der Waals surface area contributed by atoms with Crippen molar-refractivity contribution in [2.24, 2.45) is 17.3 Å². The van der Waals surface area contributed by atoms with E-state index in [-0.39, 0.29) is 6.29 Å².